The summed E-state index contributed by atoms with van der Waals surface area (Å²) in [6.45, 7) is 5.98. The summed E-state index contributed by atoms with van der Waals surface area (Å²) in [5.41, 5.74) is 0.603. The number of carbonyl (C=O) groups is 1. The van der Waals surface area contributed by atoms with Gasteiger partial charge in [-0.05, 0) is 36.5 Å². The van der Waals surface area contributed by atoms with Gasteiger partial charge in [0.25, 0.3) is 0 Å². The van der Waals surface area contributed by atoms with Crippen molar-refractivity contribution < 1.29 is 4.79 Å². The number of aromatic nitrogens is 3. The van der Waals surface area contributed by atoms with Gasteiger partial charge in [0, 0.05) is 23.7 Å². The van der Waals surface area contributed by atoms with Crippen LogP contribution in [-0.2, 0) is 4.79 Å². The summed E-state index contributed by atoms with van der Waals surface area (Å²) in [7, 11) is 0. The number of carbonyl (C=O) groups excluding carboxylic acids is 1. The topological polar surface area (TPSA) is 77.0 Å². The highest BCUT2D eigenvalue weighted by Crippen LogP contribution is 2.30. The molecule has 1 saturated heterocycles. The molecule has 26 heavy (non-hydrogen) atoms. The third-order valence-electron chi connectivity index (χ3n) is 4.38. The predicted molar refractivity (Wildman–Crippen MR) is 106 cm³/mol. The Kier molecular flexibility index (Phi) is 5.99. The van der Waals surface area contributed by atoms with Crippen molar-refractivity contribution in [1.82, 2.24) is 19.8 Å². The molecule has 0 saturated carbocycles. The number of thioether (sulfide) groups is 1. The molecule has 1 aromatic heterocycles. The summed E-state index contributed by atoms with van der Waals surface area (Å²) in [6.07, 6.45) is 1.16. The van der Waals surface area contributed by atoms with Crippen molar-refractivity contribution in [3.8, 4) is 11.4 Å². The number of likely N-dealkylation sites (tertiary alicyclic amines) is 1. The number of hydrogen-bond donors (Lipinski definition) is 1. The Hall–Kier alpha value is -1.44. The number of halogens is 2. The van der Waals surface area contributed by atoms with Gasteiger partial charge < -0.3 is 10.7 Å². The van der Waals surface area contributed by atoms with Crippen molar-refractivity contribution >= 4 is 40.9 Å². The summed E-state index contributed by atoms with van der Waals surface area (Å²) in [6, 6.07) is 5.07. The molecule has 6 nitrogen and oxygen atoms in total. The molecular formula is C17H21Cl2N5OS. The Morgan fingerprint density at radius 1 is 1.27 bits per heavy atom. The van der Waals surface area contributed by atoms with Gasteiger partial charge in [-0.2, -0.15) is 0 Å². The maximum absolute atomic E-state index is 12.5. The SMILES string of the molecule is CC1CC(C)CN(C(=O)CSc2nnc(-c3cc(Cl)ccc3Cl)n2N)C1. The van der Waals surface area contributed by atoms with Crippen molar-refractivity contribution in [3.63, 3.8) is 0 Å². The van der Waals surface area contributed by atoms with E-state index >= 15 is 0 Å². The largest absolute Gasteiger partial charge is 0.341 e. The maximum atomic E-state index is 12.5. The van der Waals surface area contributed by atoms with Crippen LogP contribution in [0.2, 0.25) is 10.0 Å². The van der Waals surface area contributed by atoms with Gasteiger partial charge in [0.1, 0.15) is 0 Å². The first-order valence-electron chi connectivity index (χ1n) is 8.41. The minimum absolute atomic E-state index is 0.0961. The highest BCUT2D eigenvalue weighted by Gasteiger charge is 2.26. The lowest BCUT2D eigenvalue weighted by Gasteiger charge is -2.34. The Morgan fingerprint density at radius 3 is 2.65 bits per heavy atom. The Bertz CT molecular complexity index is 802. The van der Waals surface area contributed by atoms with Crippen LogP contribution in [0.25, 0.3) is 11.4 Å². The maximum Gasteiger partial charge on any atom is 0.233 e. The number of amides is 1. The zero-order chi connectivity index (χ0) is 18.8. The van der Waals surface area contributed by atoms with E-state index in [1.807, 2.05) is 4.90 Å². The summed E-state index contributed by atoms with van der Waals surface area (Å²) in [5, 5.41) is 9.67. The first kappa shape index (κ1) is 19.3. The highest BCUT2D eigenvalue weighted by molar-refractivity contribution is 7.99. The third kappa shape index (κ3) is 4.27. The minimum Gasteiger partial charge on any atom is -0.341 e. The Balaban J connectivity index is 1.69. The second-order valence-electron chi connectivity index (χ2n) is 6.83. The van der Waals surface area contributed by atoms with E-state index in [1.54, 1.807) is 18.2 Å². The van der Waals surface area contributed by atoms with Gasteiger partial charge >= 0.3 is 0 Å². The molecule has 1 aromatic carbocycles. The van der Waals surface area contributed by atoms with Crippen molar-refractivity contribution in [2.75, 3.05) is 24.7 Å². The molecule has 1 aliphatic rings. The number of nitrogens with two attached hydrogens (primary N) is 1. The fourth-order valence-corrected chi connectivity index (χ4v) is 4.45. The zero-order valence-electron chi connectivity index (χ0n) is 14.7. The molecule has 3 rings (SSSR count). The average molecular weight is 414 g/mol. The summed E-state index contributed by atoms with van der Waals surface area (Å²) in [4.78, 5) is 14.4. The summed E-state index contributed by atoms with van der Waals surface area (Å²) < 4.78 is 1.34. The first-order chi connectivity index (χ1) is 12.3. The normalized spacial score (nSPS) is 20.4. The van der Waals surface area contributed by atoms with Crippen LogP contribution in [0.1, 0.15) is 20.3 Å². The third-order valence-corrected chi connectivity index (χ3v) is 5.87. The molecule has 2 N–H and O–H groups in total. The van der Waals surface area contributed by atoms with Crippen LogP contribution in [0, 0.1) is 11.8 Å². The molecule has 0 radical (unpaired) electrons. The monoisotopic (exact) mass is 413 g/mol. The van der Waals surface area contributed by atoms with Gasteiger partial charge in [-0.15, -0.1) is 10.2 Å². The Labute approximate surface area is 167 Å². The lowest BCUT2D eigenvalue weighted by Crippen LogP contribution is -2.43. The van der Waals surface area contributed by atoms with Crippen LogP contribution in [-0.4, -0.2) is 44.5 Å². The Morgan fingerprint density at radius 2 is 1.96 bits per heavy atom. The first-order valence-corrected chi connectivity index (χ1v) is 10.2. The highest BCUT2D eigenvalue weighted by atomic mass is 35.5. The van der Waals surface area contributed by atoms with Crippen molar-refractivity contribution in [3.05, 3.63) is 28.2 Å². The van der Waals surface area contributed by atoms with E-state index in [1.165, 1.54) is 16.4 Å². The molecule has 9 heteroatoms. The molecule has 0 spiro atoms. The van der Waals surface area contributed by atoms with E-state index in [9.17, 15) is 4.79 Å². The van der Waals surface area contributed by atoms with E-state index in [2.05, 4.69) is 24.0 Å². The molecule has 1 amide bonds. The fourth-order valence-electron chi connectivity index (χ4n) is 3.31. The number of rotatable bonds is 4. The van der Waals surface area contributed by atoms with E-state index in [4.69, 9.17) is 29.0 Å². The molecular weight excluding hydrogens is 393 g/mol. The van der Waals surface area contributed by atoms with E-state index in [-0.39, 0.29) is 11.7 Å². The fraction of sp³-hybridized carbons (Fsp3) is 0.471. The predicted octanol–water partition coefficient (Wildman–Crippen LogP) is 3.56. The molecule has 1 aliphatic heterocycles. The van der Waals surface area contributed by atoms with Crippen molar-refractivity contribution in [1.29, 1.82) is 0 Å². The summed E-state index contributed by atoms with van der Waals surface area (Å²) in [5.74, 6) is 7.95. The molecule has 2 aromatic rings. The van der Waals surface area contributed by atoms with Crippen LogP contribution in [0.15, 0.2) is 23.4 Å². The lowest BCUT2D eigenvalue weighted by atomic mass is 9.92. The molecule has 2 unspecified atom stereocenters. The second kappa shape index (κ2) is 8.06. The molecule has 140 valence electrons. The van der Waals surface area contributed by atoms with Gasteiger partial charge in [0.2, 0.25) is 11.1 Å². The quantitative estimate of drug-likeness (QED) is 0.612. The number of nitrogen functional groups attached to an aromatic ring is 1. The van der Waals surface area contributed by atoms with E-state index < -0.39 is 0 Å². The minimum atomic E-state index is 0.0961. The van der Waals surface area contributed by atoms with E-state index in [0.29, 0.717) is 38.4 Å². The van der Waals surface area contributed by atoms with Gasteiger partial charge in [-0.1, -0.05) is 48.8 Å². The smallest absolute Gasteiger partial charge is 0.233 e. The standard InChI is InChI=1S/C17H21Cl2N5OS/c1-10-5-11(2)8-23(7-10)15(25)9-26-17-22-21-16(24(17)20)13-6-12(18)3-4-14(13)19/h3-4,6,10-11H,5,7-9,20H2,1-2H3. The molecule has 0 aliphatic carbocycles. The van der Waals surface area contributed by atoms with Gasteiger partial charge in [-0.25, -0.2) is 4.68 Å². The van der Waals surface area contributed by atoms with Gasteiger partial charge in [0.15, 0.2) is 5.82 Å². The van der Waals surface area contributed by atoms with Crippen LogP contribution >= 0.6 is 35.0 Å². The van der Waals surface area contributed by atoms with Crippen molar-refractivity contribution in [2.24, 2.45) is 11.8 Å². The second-order valence-corrected chi connectivity index (χ2v) is 8.62. The van der Waals surface area contributed by atoms with Crippen LogP contribution in [0.4, 0.5) is 0 Å². The number of nitrogens with zero attached hydrogens (tertiary/aromatic N) is 4. The zero-order valence-corrected chi connectivity index (χ0v) is 17.0. The van der Waals surface area contributed by atoms with Gasteiger partial charge in [-0.3, -0.25) is 4.79 Å². The van der Waals surface area contributed by atoms with E-state index in [0.717, 1.165) is 19.5 Å². The average Bonchev–Trinajstić information content (AvgIpc) is 2.94. The number of piperidine rings is 1. The van der Waals surface area contributed by atoms with Crippen LogP contribution in [0.5, 0.6) is 0 Å². The molecule has 2 atom stereocenters. The lowest BCUT2D eigenvalue weighted by molar-refractivity contribution is -0.130. The van der Waals surface area contributed by atoms with Crippen molar-refractivity contribution in [2.45, 2.75) is 25.4 Å². The van der Waals surface area contributed by atoms with Gasteiger partial charge in [0.05, 0.1) is 10.8 Å². The van der Waals surface area contributed by atoms with Crippen LogP contribution in [0.3, 0.4) is 0 Å². The molecule has 2 heterocycles. The van der Waals surface area contributed by atoms with Crippen LogP contribution < -0.4 is 5.84 Å². The number of hydrogen-bond acceptors (Lipinski definition) is 5. The molecule has 1 fully saturated rings. The molecule has 0 bridgehead atoms. The summed E-state index contributed by atoms with van der Waals surface area (Å²) >= 11 is 13.5. The number of benzene rings is 1.